The van der Waals surface area contributed by atoms with Gasteiger partial charge >= 0.3 is 0 Å². The average molecular weight is 307 g/mol. The van der Waals surface area contributed by atoms with Crippen molar-refractivity contribution in [3.8, 4) is 17.0 Å². The lowest BCUT2D eigenvalue weighted by molar-refractivity contribution is 0.415. The molecule has 1 aromatic carbocycles. The molecular formula is C14H17N3O3S. The molecule has 1 unspecified atom stereocenters. The number of sulfone groups is 1. The fraction of sp³-hybridized carbons (Fsp3) is 0.357. The summed E-state index contributed by atoms with van der Waals surface area (Å²) in [6.07, 6.45) is 0.566. The molecule has 1 fully saturated rings. The van der Waals surface area contributed by atoms with Crippen LogP contribution < -0.4 is 10.5 Å². The molecule has 0 spiro atoms. The van der Waals surface area contributed by atoms with E-state index in [9.17, 15) is 8.42 Å². The highest BCUT2D eigenvalue weighted by molar-refractivity contribution is 7.91. The number of nitrogens with zero attached hydrogens (tertiary/aromatic N) is 2. The SMILES string of the molecule is COc1ccc(-c2cc(N)n(C3CCS(=O)(=O)C3)n2)cc1. The number of hydrogen-bond donors (Lipinski definition) is 1. The summed E-state index contributed by atoms with van der Waals surface area (Å²) in [5.41, 5.74) is 7.64. The van der Waals surface area contributed by atoms with Crippen LogP contribution in [-0.2, 0) is 9.84 Å². The summed E-state index contributed by atoms with van der Waals surface area (Å²) in [6, 6.07) is 9.11. The van der Waals surface area contributed by atoms with Crippen LogP contribution in [0.3, 0.4) is 0 Å². The van der Waals surface area contributed by atoms with Crippen molar-refractivity contribution in [1.82, 2.24) is 9.78 Å². The molecule has 1 saturated heterocycles. The van der Waals surface area contributed by atoms with Crippen LogP contribution in [-0.4, -0.2) is 36.8 Å². The number of methoxy groups -OCH3 is 1. The first-order valence-corrected chi connectivity index (χ1v) is 8.50. The molecule has 1 aromatic heterocycles. The van der Waals surface area contributed by atoms with E-state index in [0.717, 1.165) is 17.0 Å². The molecule has 2 N–H and O–H groups in total. The fourth-order valence-corrected chi connectivity index (χ4v) is 4.26. The number of anilines is 1. The van der Waals surface area contributed by atoms with Gasteiger partial charge in [0.15, 0.2) is 9.84 Å². The molecule has 112 valence electrons. The summed E-state index contributed by atoms with van der Waals surface area (Å²) < 4.78 is 29.9. The van der Waals surface area contributed by atoms with Gasteiger partial charge in [0.05, 0.1) is 30.4 Å². The zero-order valence-electron chi connectivity index (χ0n) is 11.7. The smallest absolute Gasteiger partial charge is 0.152 e. The minimum Gasteiger partial charge on any atom is -0.497 e. The maximum Gasteiger partial charge on any atom is 0.152 e. The normalized spacial score (nSPS) is 20.5. The fourth-order valence-electron chi connectivity index (χ4n) is 2.57. The van der Waals surface area contributed by atoms with Gasteiger partial charge in [0.1, 0.15) is 11.6 Å². The Bertz CT molecular complexity index is 750. The van der Waals surface area contributed by atoms with Crippen LogP contribution in [0.2, 0.25) is 0 Å². The number of benzene rings is 1. The highest BCUT2D eigenvalue weighted by Gasteiger charge is 2.31. The Morgan fingerprint density at radius 1 is 1.33 bits per heavy atom. The van der Waals surface area contributed by atoms with E-state index in [1.165, 1.54) is 0 Å². The Kier molecular flexibility index (Phi) is 3.36. The first-order chi connectivity index (χ1) is 9.98. The molecule has 1 aliphatic rings. The van der Waals surface area contributed by atoms with Crippen molar-refractivity contribution < 1.29 is 13.2 Å². The van der Waals surface area contributed by atoms with Crippen molar-refractivity contribution in [2.75, 3.05) is 24.3 Å². The maximum atomic E-state index is 11.6. The molecule has 6 nitrogen and oxygen atoms in total. The van der Waals surface area contributed by atoms with Gasteiger partial charge in [-0.2, -0.15) is 5.10 Å². The van der Waals surface area contributed by atoms with Crippen LogP contribution in [0.25, 0.3) is 11.3 Å². The third-order valence-electron chi connectivity index (χ3n) is 3.70. The van der Waals surface area contributed by atoms with E-state index in [4.69, 9.17) is 10.5 Å². The summed E-state index contributed by atoms with van der Waals surface area (Å²) in [5.74, 6) is 1.58. The molecular weight excluding hydrogens is 290 g/mol. The summed E-state index contributed by atoms with van der Waals surface area (Å²) >= 11 is 0. The lowest BCUT2D eigenvalue weighted by atomic mass is 10.1. The molecule has 2 heterocycles. The molecule has 1 atom stereocenters. The van der Waals surface area contributed by atoms with E-state index < -0.39 is 9.84 Å². The minimum atomic E-state index is -2.96. The lowest BCUT2D eigenvalue weighted by Crippen LogP contribution is -2.14. The first-order valence-electron chi connectivity index (χ1n) is 6.68. The third kappa shape index (κ3) is 2.73. The Morgan fingerprint density at radius 2 is 2.05 bits per heavy atom. The third-order valence-corrected chi connectivity index (χ3v) is 5.46. The van der Waals surface area contributed by atoms with E-state index in [1.807, 2.05) is 24.3 Å². The predicted octanol–water partition coefficient (Wildman–Crippen LogP) is 1.50. The van der Waals surface area contributed by atoms with Gasteiger partial charge < -0.3 is 10.5 Å². The minimum absolute atomic E-state index is 0.112. The number of nitrogens with two attached hydrogens (primary N) is 1. The molecule has 2 aromatic rings. The van der Waals surface area contributed by atoms with Crippen LogP contribution in [0.4, 0.5) is 5.82 Å². The summed E-state index contributed by atoms with van der Waals surface area (Å²) in [4.78, 5) is 0. The van der Waals surface area contributed by atoms with E-state index in [0.29, 0.717) is 12.2 Å². The van der Waals surface area contributed by atoms with Crippen molar-refractivity contribution >= 4 is 15.7 Å². The monoisotopic (exact) mass is 307 g/mol. The van der Waals surface area contributed by atoms with Crippen LogP contribution in [0.5, 0.6) is 5.75 Å². The molecule has 0 amide bonds. The van der Waals surface area contributed by atoms with Crippen molar-refractivity contribution in [3.05, 3.63) is 30.3 Å². The van der Waals surface area contributed by atoms with Crippen LogP contribution in [0.15, 0.2) is 30.3 Å². The second-order valence-electron chi connectivity index (χ2n) is 5.18. The summed E-state index contributed by atoms with van der Waals surface area (Å²) in [7, 11) is -1.34. The zero-order valence-corrected chi connectivity index (χ0v) is 12.5. The van der Waals surface area contributed by atoms with Crippen molar-refractivity contribution in [1.29, 1.82) is 0 Å². The Hall–Kier alpha value is -2.02. The number of ether oxygens (including phenoxy) is 1. The van der Waals surface area contributed by atoms with Crippen molar-refractivity contribution in [3.63, 3.8) is 0 Å². The molecule has 0 saturated carbocycles. The van der Waals surface area contributed by atoms with Gasteiger partial charge in [-0.15, -0.1) is 0 Å². The molecule has 7 heteroatoms. The topological polar surface area (TPSA) is 87.2 Å². The predicted molar refractivity (Wildman–Crippen MR) is 80.9 cm³/mol. The molecule has 0 radical (unpaired) electrons. The average Bonchev–Trinajstić information content (AvgIpc) is 3.01. The second kappa shape index (κ2) is 5.07. The van der Waals surface area contributed by atoms with Gasteiger partial charge in [0, 0.05) is 11.6 Å². The number of rotatable bonds is 3. The molecule has 3 rings (SSSR count). The zero-order chi connectivity index (χ0) is 15.0. The quantitative estimate of drug-likeness (QED) is 0.928. The molecule has 0 aliphatic carbocycles. The lowest BCUT2D eigenvalue weighted by Gasteiger charge is -2.10. The van der Waals surface area contributed by atoms with Gasteiger partial charge in [-0.25, -0.2) is 13.1 Å². The number of nitrogen functional groups attached to an aromatic ring is 1. The van der Waals surface area contributed by atoms with Crippen molar-refractivity contribution in [2.24, 2.45) is 0 Å². The molecule has 1 aliphatic heterocycles. The largest absolute Gasteiger partial charge is 0.497 e. The van der Waals surface area contributed by atoms with Crippen LogP contribution in [0, 0.1) is 0 Å². The highest BCUT2D eigenvalue weighted by atomic mass is 32.2. The van der Waals surface area contributed by atoms with Crippen LogP contribution in [0.1, 0.15) is 12.5 Å². The second-order valence-corrected chi connectivity index (χ2v) is 7.41. The van der Waals surface area contributed by atoms with Gasteiger partial charge in [0.2, 0.25) is 0 Å². The van der Waals surface area contributed by atoms with E-state index >= 15 is 0 Å². The Balaban J connectivity index is 1.90. The highest BCUT2D eigenvalue weighted by Crippen LogP contribution is 2.29. The Morgan fingerprint density at radius 3 is 2.62 bits per heavy atom. The number of hydrogen-bond acceptors (Lipinski definition) is 5. The standard InChI is InChI=1S/C14H17N3O3S/c1-20-12-4-2-10(3-5-12)13-8-14(15)17(16-13)11-6-7-21(18,19)9-11/h2-5,8,11H,6-7,9,15H2,1H3. The van der Waals surface area contributed by atoms with Gasteiger partial charge in [-0.05, 0) is 30.7 Å². The summed E-state index contributed by atoms with van der Waals surface area (Å²) in [6.45, 7) is 0. The van der Waals surface area contributed by atoms with Gasteiger partial charge in [-0.1, -0.05) is 0 Å². The number of aromatic nitrogens is 2. The summed E-state index contributed by atoms with van der Waals surface area (Å²) in [5, 5.41) is 4.47. The Labute approximate surface area is 123 Å². The van der Waals surface area contributed by atoms with Gasteiger partial charge in [0.25, 0.3) is 0 Å². The van der Waals surface area contributed by atoms with Crippen molar-refractivity contribution in [2.45, 2.75) is 12.5 Å². The van der Waals surface area contributed by atoms with Crippen LogP contribution >= 0.6 is 0 Å². The maximum absolute atomic E-state index is 11.6. The van der Waals surface area contributed by atoms with E-state index in [1.54, 1.807) is 17.9 Å². The van der Waals surface area contributed by atoms with E-state index in [2.05, 4.69) is 5.10 Å². The first kappa shape index (κ1) is 13.9. The molecule has 21 heavy (non-hydrogen) atoms. The molecule has 0 bridgehead atoms. The van der Waals surface area contributed by atoms with Gasteiger partial charge in [-0.3, -0.25) is 0 Å². The van der Waals surface area contributed by atoms with E-state index in [-0.39, 0.29) is 17.5 Å².